The predicted molar refractivity (Wildman–Crippen MR) is 76.9 cm³/mol. The molecule has 2 unspecified atom stereocenters. The summed E-state index contributed by atoms with van der Waals surface area (Å²) in [6, 6.07) is 4.36. The van der Waals surface area contributed by atoms with Crippen LogP contribution >= 0.6 is 0 Å². The minimum Gasteiger partial charge on any atom is -0.486 e. The van der Waals surface area contributed by atoms with E-state index in [2.05, 4.69) is 12.2 Å². The lowest BCUT2D eigenvalue weighted by atomic mass is 9.86. The van der Waals surface area contributed by atoms with Crippen LogP contribution in [0.1, 0.15) is 32.6 Å². The third-order valence-corrected chi connectivity index (χ3v) is 4.17. The van der Waals surface area contributed by atoms with E-state index in [0.29, 0.717) is 25.2 Å². The molecule has 0 amide bonds. The van der Waals surface area contributed by atoms with Gasteiger partial charge in [-0.05, 0) is 18.8 Å². The second-order valence-electron chi connectivity index (χ2n) is 5.60. The Morgan fingerprint density at radius 2 is 1.79 bits per heavy atom. The van der Waals surface area contributed by atoms with E-state index < -0.39 is 0 Å². The Balaban J connectivity index is 1.80. The SMILES string of the molecule is CC1CCCCC1Nc1cc2c(cc1N)OCCO2. The molecule has 3 N–H and O–H groups in total. The number of nitrogens with two attached hydrogens (primary N) is 1. The lowest BCUT2D eigenvalue weighted by Gasteiger charge is -2.31. The van der Waals surface area contributed by atoms with Crippen molar-refractivity contribution in [1.29, 1.82) is 0 Å². The fourth-order valence-corrected chi connectivity index (χ4v) is 2.96. The number of hydrogen-bond donors (Lipinski definition) is 2. The molecule has 1 fully saturated rings. The summed E-state index contributed by atoms with van der Waals surface area (Å²) in [6.45, 7) is 3.51. The second-order valence-corrected chi connectivity index (χ2v) is 5.60. The number of hydrogen-bond acceptors (Lipinski definition) is 4. The Morgan fingerprint density at radius 3 is 2.53 bits per heavy atom. The molecule has 2 atom stereocenters. The number of nitrogens with one attached hydrogen (secondary N) is 1. The van der Waals surface area contributed by atoms with Gasteiger partial charge in [0.15, 0.2) is 11.5 Å². The van der Waals surface area contributed by atoms with Gasteiger partial charge in [0.2, 0.25) is 0 Å². The molecule has 104 valence electrons. The van der Waals surface area contributed by atoms with Gasteiger partial charge in [-0.25, -0.2) is 0 Å². The monoisotopic (exact) mass is 262 g/mol. The minimum absolute atomic E-state index is 0.513. The molecule has 0 bridgehead atoms. The summed E-state index contributed by atoms with van der Waals surface area (Å²) >= 11 is 0. The fourth-order valence-electron chi connectivity index (χ4n) is 2.96. The molecular weight excluding hydrogens is 240 g/mol. The number of ether oxygens (including phenoxy) is 2. The first-order valence-electron chi connectivity index (χ1n) is 7.19. The molecule has 2 aliphatic rings. The van der Waals surface area contributed by atoms with E-state index in [-0.39, 0.29) is 0 Å². The summed E-state index contributed by atoms with van der Waals surface area (Å²) < 4.78 is 11.2. The predicted octanol–water partition coefficient (Wildman–Crippen LogP) is 3.03. The topological polar surface area (TPSA) is 56.5 Å². The average molecular weight is 262 g/mol. The lowest BCUT2D eigenvalue weighted by molar-refractivity contribution is 0.172. The maximum Gasteiger partial charge on any atom is 0.163 e. The van der Waals surface area contributed by atoms with Crippen molar-refractivity contribution < 1.29 is 9.47 Å². The zero-order chi connectivity index (χ0) is 13.2. The van der Waals surface area contributed by atoms with Gasteiger partial charge in [-0.15, -0.1) is 0 Å². The third-order valence-electron chi connectivity index (χ3n) is 4.17. The molecule has 0 spiro atoms. The summed E-state index contributed by atoms with van der Waals surface area (Å²) in [7, 11) is 0. The van der Waals surface area contributed by atoms with Crippen LogP contribution in [0, 0.1) is 5.92 Å². The van der Waals surface area contributed by atoms with Crippen LogP contribution in [-0.4, -0.2) is 19.3 Å². The van der Waals surface area contributed by atoms with Gasteiger partial charge >= 0.3 is 0 Å². The third kappa shape index (κ3) is 2.57. The van der Waals surface area contributed by atoms with Gasteiger partial charge in [-0.1, -0.05) is 19.8 Å². The van der Waals surface area contributed by atoms with Crippen LogP contribution in [0.5, 0.6) is 11.5 Å². The first-order valence-corrected chi connectivity index (χ1v) is 7.19. The second kappa shape index (κ2) is 5.19. The van der Waals surface area contributed by atoms with E-state index in [1.165, 1.54) is 25.7 Å². The molecule has 0 saturated heterocycles. The molecular formula is C15H22N2O2. The van der Waals surface area contributed by atoms with E-state index in [0.717, 1.165) is 22.9 Å². The van der Waals surface area contributed by atoms with Crippen molar-refractivity contribution in [3.63, 3.8) is 0 Å². The molecule has 3 rings (SSSR count). The highest BCUT2D eigenvalue weighted by atomic mass is 16.6. The molecule has 0 radical (unpaired) electrons. The standard InChI is InChI=1S/C15H22N2O2/c1-10-4-2-3-5-12(10)17-13-9-15-14(8-11(13)16)18-6-7-19-15/h8-10,12,17H,2-7,16H2,1H3. The first kappa shape index (κ1) is 12.5. The summed E-state index contributed by atoms with van der Waals surface area (Å²) in [4.78, 5) is 0. The summed E-state index contributed by atoms with van der Waals surface area (Å²) in [5, 5.41) is 3.59. The summed E-state index contributed by atoms with van der Waals surface area (Å²) in [5.41, 5.74) is 7.82. The average Bonchev–Trinajstić information content (AvgIpc) is 2.42. The highest BCUT2D eigenvalue weighted by Crippen LogP contribution is 2.38. The van der Waals surface area contributed by atoms with Gasteiger partial charge < -0.3 is 20.5 Å². The van der Waals surface area contributed by atoms with Gasteiger partial charge in [-0.3, -0.25) is 0 Å². The Morgan fingerprint density at radius 1 is 1.11 bits per heavy atom. The van der Waals surface area contributed by atoms with Crippen LogP contribution in [0.25, 0.3) is 0 Å². The number of rotatable bonds is 2. The van der Waals surface area contributed by atoms with Crippen molar-refractivity contribution >= 4 is 11.4 Å². The number of nitrogen functional groups attached to an aromatic ring is 1. The van der Waals surface area contributed by atoms with Crippen molar-refractivity contribution in [2.24, 2.45) is 5.92 Å². The van der Waals surface area contributed by atoms with Gasteiger partial charge in [0.1, 0.15) is 13.2 Å². The molecule has 0 aromatic heterocycles. The molecule has 1 saturated carbocycles. The summed E-state index contributed by atoms with van der Waals surface area (Å²) in [5.74, 6) is 2.25. The molecule has 4 heteroatoms. The van der Waals surface area contributed by atoms with E-state index >= 15 is 0 Å². The quantitative estimate of drug-likeness (QED) is 0.804. The van der Waals surface area contributed by atoms with E-state index in [9.17, 15) is 0 Å². The number of fused-ring (bicyclic) bond motifs is 1. The van der Waals surface area contributed by atoms with Crippen LogP contribution in [0.2, 0.25) is 0 Å². The van der Waals surface area contributed by atoms with E-state index in [1.807, 2.05) is 12.1 Å². The zero-order valence-electron chi connectivity index (χ0n) is 11.4. The van der Waals surface area contributed by atoms with E-state index in [4.69, 9.17) is 15.2 Å². The normalized spacial score (nSPS) is 25.9. The molecule has 1 aromatic carbocycles. The smallest absolute Gasteiger partial charge is 0.163 e. The fraction of sp³-hybridized carbons (Fsp3) is 0.600. The summed E-state index contributed by atoms with van der Waals surface area (Å²) in [6.07, 6.45) is 5.15. The van der Waals surface area contributed by atoms with Gasteiger partial charge in [-0.2, -0.15) is 0 Å². The highest BCUT2D eigenvalue weighted by molar-refractivity contribution is 5.72. The van der Waals surface area contributed by atoms with Crippen molar-refractivity contribution in [1.82, 2.24) is 0 Å². The highest BCUT2D eigenvalue weighted by Gasteiger charge is 2.23. The Labute approximate surface area is 114 Å². The molecule has 1 heterocycles. The van der Waals surface area contributed by atoms with Gasteiger partial charge in [0.25, 0.3) is 0 Å². The van der Waals surface area contributed by atoms with Crippen molar-refractivity contribution in [3.8, 4) is 11.5 Å². The van der Waals surface area contributed by atoms with Crippen molar-refractivity contribution in [2.75, 3.05) is 24.3 Å². The van der Waals surface area contributed by atoms with Gasteiger partial charge in [0, 0.05) is 18.2 Å². The van der Waals surface area contributed by atoms with E-state index in [1.54, 1.807) is 0 Å². The number of benzene rings is 1. The molecule has 19 heavy (non-hydrogen) atoms. The maximum atomic E-state index is 6.11. The molecule has 1 aliphatic heterocycles. The van der Waals surface area contributed by atoms with Crippen molar-refractivity contribution in [3.05, 3.63) is 12.1 Å². The number of anilines is 2. The molecule has 1 aromatic rings. The Hall–Kier alpha value is -1.58. The molecule has 4 nitrogen and oxygen atoms in total. The first-order chi connectivity index (χ1) is 9.24. The van der Waals surface area contributed by atoms with Crippen LogP contribution < -0.4 is 20.5 Å². The van der Waals surface area contributed by atoms with Gasteiger partial charge in [0.05, 0.1) is 11.4 Å². The Bertz CT molecular complexity index is 462. The van der Waals surface area contributed by atoms with Crippen LogP contribution in [0.3, 0.4) is 0 Å². The maximum absolute atomic E-state index is 6.11. The Kier molecular flexibility index (Phi) is 3.40. The minimum atomic E-state index is 0.513. The van der Waals surface area contributed by atoms with Crippen molar-refractivity contribution in [2.45, 2.75) is 38.6 Å². The largest absolute Gasteiger partial charge is 0.486 e. The van der Waals surface area contributed by atoms with Crippen LogP contribution in [0.15, 0.2) is 12.1 Å². The zero-order valence-corrected chi connectivity index (χ0v) is 11.4. The molecule has 1 aliphatic carbocycles. The van der Waals surface area contributed by atoms with Crippen LogP contribution in [0.4, 0.5) is 11.4 Å². The van der Waals surface area contributed by atoms with Crippen LogP contribution in [-0.2, 0) is 0 Å². The lowest BCUT2D eigenvalue weighted by Crippen LogP contribution is -2.30.